The fourth-order valence-corrected chi connectivity index (χ4v) is 2.87. The van der Waals surface area contributed by atoms with Crippen molar-refractivity contribution in [2.24, 2.45) is 0 Å². The second-order valence-corrected chi connectivity index (χ2v) is 5.82. The summed E-state index contributed by atoms with van der Waals surface area (Å²) in [6.07, 6.45) is 4.15. The summed E-state index contributed by atoms with van der Waals surface area (Å²) in [4.78, 5) is 16.8. The number of phenolic OH excluding ortho intramolecular Hbond substituents is 1. The average molecular weight is 336 g/mol. The molecule has 1 heterocycles. The van der Waals surface area contributed by atoms with Crippen molar-refractivity contribution in [3.8, 4) is 11.5 Å². The lowest BCUT2D eigenvalue weighted by molar-refractivity contribution is -0.117. The molecule has 1 atom stereocenters. The molecule has 25 heavy (non-hydrogen) atoms. The first-order chi connectivity index (χ1) is 12.1. The minimum absolute atomic E-state index is 0.0599. The van der Waals surface area contributed by atoms with Crippen molar-refractivity contribution in [2.45, 2.75) is 19.3 Å². The SMILES string of the molecule is CCC(C(=O)Nc1ccc2cnccc2c1)c1ccc(O)c(OC)c1. The highest BCUT2D eigenvalue weighted by Crippen LogP contribution is 2.31. The minimum atomic E-state index is -0.331. The van der Waals surface area contributed by atoms with E-state index >= 15 is 0 Å². The van der Waals surface area contributed by atoms with Gasteiger partial charge in [-0.05, 0) is 47.7 Å². The number of amides is 1. The number of aromatic hydroxyl groups is 1. The molecule has 0 fully saturated rings. The number of methoxy groups -OCH3 is 1. The Hall–Kier alpha value is -3.08. The summed E-state index contributed by atoms with van der Waals surface area (Å²) >= 11 is 0. The van der Waals surface area contributed by atoms with E-state index in [9.17, 15) is 9.90 Å². The van der Waals surface area contributed by atoms with Crippen LogP contribution in [0.1, 0.15) is 24.8 Å². The first kappa shape index (κ1) is 16.8. The highest BCUT2D eigenvalue weighted by atomic mass is 16.5. The van der Waals surface area contributed by atoms with E-state index in [1.54, 1.807) is 30.6 Å². The van der Waals surface area contributed by atoms with Gasteiger partial charge in [0, 0.05) is 23.5 Å². The van der Waals surface area contributed by atoms with E-state index < -0.39 is 0 Å². The Bertz CT molecular complexity index is 908. The van der Waals surface area contributed by atoms with Gasteiger partial charge in [-0.2, -0.15) is 0 Å². The lowest BCUT2D eigenvalue weighted by Crippen LogP contribution is -2.20. The minimum Gasteiger partial charge on any atom is -0.504 e. The van der Waals surface area contributed by atoms with E-state index in [1.165, 1.54) is 7.11 Å². The normalized spacial score (nSPS) is 11.9. The first-order valence-corrected chi connectivity index (χ1v) is 8.14. The van der Waals surface area contributed by atoms with E-state index in [0.29, 0.717) is 12.2 Å². The van der Waals surface area contributed by atoms with Crippen LogP contribution >= 0.6 is 0 Å². The number of fused-ring (bicyclic) bond motifs is 1. The van der Waals surface area contributed by atoms with Crippen LogP contribution in [0.3, 0.4) is 0 Å². The van der Waals surface area contributed by atoms with E-state index in [-0.39, 0.29) is 17.6 Å². The number of anilines is 1. The predicted octanol–water partition coefficient (Wildman–Crippen LogP) is 4.08. The zero-order valence-electron chi connectivity index (χ0n) is 14.2. The van der Waals surface area contributed by atoms with Gasteiger partial charge < -0.3 is 15.2 Å². The highest BCUT2D eigenvalue weighted by Gasteiger charge is 2.20. The first-order valence-electron chi connectivity index (χ1n) is 8.14. The molecule has 3 rings (SSSR count). The van der Waals surface area contributed by atoms with Crippen LogP contribution < -0.4 is 10.1 Å². The smallest absolute Gasteiger partial charge is 0.231 e. The predicted molar refractivity (Wildman–Crippen MR) is 98.1 cm³/mol. The number of carbonyl (C=O) groups excluding carboxylic acids is 1. The lowest BCUT2D eigenvalue weighted by atomic mass is 9.95. The third kappa shape index (κ3) is 3.55. The summed E-state index contributed by atoms with van der Waals surface area (Å²) in [6.45, 7) is 1.95. The second kappa shape index (κ2) is 7.21. The molecule has 128 valence electrons. The van der Waals surface area contributed by atoms with Crippen LogP contribution in [-0.4, -0.2) is 23.1 Å². The van der Waals surface area contributed by atoms with E-state index in [0.717, 1.165) is 22.0 Å². The molecule has 0 bridgehead atoms. The Balaban J connectivity index is 1.84. The standard InChI is InChI=1S/C20H20N2O3/c1-3-17(14-5-7-18(23)19(11-14)25-2)20(24)22-16-6-4-15-12-21-9-8-13(15)10-16/h4-12,17,23H,3H2,1-2H3,(H,22,24). The Labute approximate surface area is 146 Å². The second-order valence-electron chi connectivity index (χ2n) is 5.82. The van der Waals surface area contributed by atoms with Gasteiger partial charge in [0.25, 0.3) is 0 Å². The molecular formula is C20H20N2O3. The number of ether oxygens (including phenoxy) is 1. The molecule has 0 spiro atoms. The molecule has 1 aromatic heterocycles. The number of hydrogen-bond donors (Lipinski definition) is 2. The van der Waals surface area contributed by atoms with Crippen LogP contribution in [0.15, 0.2) is 54.9 Å². The number of rotatable bonds is 5. The van der Waals surface area contributed by atoms with Gasteiger partial charge in [-0.3, -0.25) is 9.78 Å². The molecule has 2 aromatic carbocycles. The molecule has 0 radical (unpaired) electrons. The average Bonchev–Trinajstić information content (AvgIpc) is 2.63. The van der Waals surface area contributed by atoms with Crippen molar-refractivity contribution in [3.63, 3.8) is 0 Å². The van der Waals surface area contributed by atoms with Crippen LogP contribution in [0.5, 0.6) is 11.5 Å². The van der Waals surface area contributed by atoms with Gasteiger partial charge in [-0.15, -0.1) is 0 Å². The van der Waals surface area contributed by atoms with Gasteiger partial charge in [0.05, 0.1) is 13.0 Å². The van der Waals surface area contributed by atoms with E-state index in [2.05, 4.69) is 10.3 Å². The number of hydrogen-bond acceptors (Lipinski definition) is 4. The number of nitrogens with one attached hydrogen (secondary N) is 1. The quantitative estimate of drug-likeness (QED) is 0.736. The van der Waals surface area contributed by atoms with Gasteiger partial charge in [-0.1, -0.05) is 19.1 Å². The molecule has 1 amide bonds. The number of pyridine rings is 1. The van der Waals surface area contributed by atoms with Gasteiger partial charge in [0.15, 0.2) is 11.5 Å². The van der Waals surface area contributed by atoms with Crippen molar-refractivity contribution in [1.29, 1.82) is 0 Å². The number of carbonyl (C=O) groups is 1. The molecule has 3 aromatic rings. The van der Waals surface area contributed by atoms with Crippen LogP contribution in [0, 0.1) is 0 Å². The van der Waals surface area contributed by atoms with Crippen LogP contribution in [-0.2, 0) is 4.79 Å². The Morgan fingerprint density at radius 1 is 1.20 bits per heavy atom. The summed E-state index contributed by atoms with van der Waals surface area (Å²) in [5.41, 5.74) is 1.55. The molecule has 0 aliphatic carbocycles. The number of benzene rings is 2. The van der Waals surface area contributed by atoms with Crippen molar-refractivity contribution < 1.29 is 14.6 Å². The molecular weight excluding hydrogens is 316 g/mol. The Morgan fingerprint density at radius 2 is 2.04 bits per heavy atom. The van der Waals surface area contributed by atoms with Crippen molar-refractivity contribution >= 4 is 22.4 Å². The van der Waals surface area contributed by atoms with Crippen molar-refractivity contribution in [3.05, 3.63) is 60.4 Å². The molecule has 1 unspecified atom stereocenters. The monoisotopic (exact) mass is 336 g/mol. The van der Waals surface area contributed by atoms with Crippen molar-refractivity contribution in [1.82, 2.24) is 4.98 Å². The molecule has 0 aliphatic rings. The van der Waals surface area contributed by atoms with Gasteiger partial charge in [0.1, 0.15) is 0 Å². The maximum atomic E-state index is 12.7. The summed E-state index contributed by atoms with van der Waals surface area (Å²) < 4.78 is 5.14. The Morgan fingerprint density at radius 3 is 2.80 bits per heavy atom. The zero-order valence-corrected chi connectivity index (χ0v) is 14.2. The maximum Gasteiger partial charge on any atom is 0.231 e. The summed E-state index contributed by atoms with van der Waals surface area (Å²) in [5, 5.41) is 14.8. The van der Waals surface area contributed by atoms with Crippen molar-refractivity contribution in [2.75, 3.05) is 12.4 Å². The topological polar surface area (TPSA) is 71.5 Å². The number of phenols is 1. The number of nitrogens with zero attached hydrogens (tertiary/aromatic N) is 1. The molecule has 5 nitrogen and oxygen atoms in total. The zero-order chi connectivity index (χ0) is 17.8. The van der Waals surface area contributed by atoms with Crippen LogP contribution in [0.2, 0.25) is 0 Å². The van der Waals surface area contributed by atoms with Crippen LogP contribution in [0.4, 0.5) is 5.69 Å². The summed E-state index contributed by atoms with van der Waals surface area (Å²) in [6, 6.07) is 12.6. The molecule has 5 heteroatoms. The largest absolute Gasteiger partial charge is 0.504 e. The molecule has 0 aliphatic heterocycles. The van der Waals surface area contributed by atoms with Gasteiger partial charge >= 0.3 is 0 Å². The summed E-state index contributed by atoms with van der Waals surface area (Å²) in [7, 11) is 1.49. The maximum absolute atomic E-state index is 12.7. The number of aromatic nitrogens is 1. The summed E-state index contributed by atoms with van der Waals surface area (Å²) in [5.74, 6) is -0.00195. The third-order valence-corrected chi connectivity index (χ3v) is 4.24. The van der Waals surface area contributed by atoms with Gasteiger partial charge in [-0.25, -0.2) is 0 Å². The fourth-order valence-electron chi connectivity index (χ4n) is 2.87. The lowest BCUT2D eigenvalue weighted by Gasteiger charge is -2.17. The highest BCUT2D eigenvalue weighted by molar-refractivity contribution is 5.98. The van der Waals surface area contributed by atoms with E-state index in [1.807, 2.05) is 31.2 Å². The van der Waals surface area contributed by atoms with Crippen LogP contribution in [0.25, 0.3) is 10.8 Å². The fraction of sp³-hybridized carbons (Fsp3) is 0.200. The Kier molecular flexibility index (Phi) is 4.84. The third-order valence-electron chi connectivity index (χ3n) is 4.24. The molecule has 0 saturated carbocycles. The molecule has 0 saturated heterocycles. The molecule has 2 N–H and O–H groups in total. The van der Waals surface area contributed by atoms with E-state index in [4.69, 9.17) is 4.74 Å². The van der Waals surface area contributed by atoms with Gasteiger partial charge in [0.2, 0.25) is 5.91 Å².